The summed E-state index contributed by atoms with van der Waals surface area (Å²) in [6.07, 6.45) is 6.48. The molecule has 1 aromatic heterocycles. The monoisotopic (exact) mass is 262 g/mol. The summed E-state index contributed by atoms with van der Waals surface area (Å²) in [4.78, 5) is 23.8. The second-order valence-corrected chi connectivity index (χ2v) is 6.00. The maximum Gasteiger partial charge on any atom is 0.240 e. The van der Waals surface area contributed by atoms with Crippen LogP contribution in [0, 0.1) is 5.92 Å². The molecule has 1 saturated carbocycles. The smallest absolute Gasteiger partial charge is 0.240 e. The van der Waals surface area contributed by atoms with Crippen LogP contribution in [0.2, 0.25) is 0 Å². The lowest BCUT2D eigenvalue weighted by atomic mass is 10.0. The van der Waals surface area contributed by atoms with Gasteiger partial charge in [0.2, 0.25) is 5.91 Å². The summed E-state index contributed by atoms with van der Waals surface area (Å²) < 4.78 is 1.77. The van der Waals surface area contributed by atoms with Crippen LogP contribution in [0.4, 0.5) is 0 Å². The number of amides is 1. The summed E-state index contributed by atoms with van der Waals surface area (Å²) in [7, 11) is 0. The molecule has 4 heteroatoms. The van der Waals surface area contributed by atoms with Gasteiger partial charge in [-0.1, -0.05) is 6.92 Å². The molecule has 4 nitrogen and oxygen atoms in total. The largest absolute Gasteiger partial charge is 0.350 e. The Morgan fingerprint density at radius 3 is 2.68 bits per heavy atom. The lowest BCUT2D eigenvalue weighted by Gasteiger charge is -2.24. The Bertz CT molecular complexity index is 484. The summed E-state index contributed by atoms with van der Waals surface area (Å²) >= 11 is 0. The molecule has 2 rings (SSSR count). The highest BCUT2D eigenvalue weighted by molar-refractivity contribution is 5.99. The van der Waals surface area contributed by atoms with Crippen molar-refractivity contribution in [3.63, 3.8) is 0 Å². The van der Waals surface area contributed by atoms with Crippen LogP contribution in [0.15, 0.2) is 18.5 Å². The molecule has 0 aromatic carbocycles. The number of hydrogen-bond donors (Lipinski definition) is 1. The third-order valence-corrected chi connectivity index (χ3v) is 3.67. The van der Waals surface area contributed by atoms with E-state index in [9.17, 15) is 9.59 Å². The second kappa shape index (κ2) is 5.19. The van der Waals surface area contributed by atoms with Crippen molar-refractivity contribution in [3.05, 3.63) is 24.0 Å². The molecule has 1 aromatic rings. The van der Waals surface area contributed by atoms with Crippen LogP contribution in [0.5, 0.6) is 0 Å². The van der Waals surface area contributed by atoms with Gasteiger partial charge in [0.25, 0.3) is 0 Å². The van der Waals surface area contributed by atoms with Crippen LogP contribution in [0.25, 0.3) is 0 Å². The zero-order valence-electron chi connectivity index (χ0n) is 11.9. The molecule has 1 aliphatic rings. The fourth-order valence-electron chi connectivity index (χ4n) is 1.94. The molecule has 0 atom stereocenters. The molecular weight excluding hydrogens is 240 g/mol. The van der Waals surface area contributed by atoms with Crippen molar-refractivity contribution >= 4 is 11.7 Å². The summed E-state index contributed by atoms with van der Waals surface area (Å²) in [5, 5.41) is 2.98. The number of carbonyl (C=O) groups is 2. The molecule has 1 heterocycles. The van der Waals surface area contributed by atoms with Gasteiger partial charge < -0.3 is 9.88 Å². The van der Waals surface area contributed by atoms with Gasteiger partial charge in [-0.3, -0.25) is 9.59 Å². The van der Waals surface area contributed by atoms with Gasteiger partial charge >= 0.3 is 0 Å². The first-order valence-electron chi connectivity index (χ1n) is 6.92. The van der Waals surface area contributed by atoms with E-state index < -0.39 is 0 Å². The van der Waals surface area contributed by atoms with E-state index in [-0.39, 0.29) is 29.7 Å². The van der Waals surface area contributed by atoms with Crippen molar-refractivity contribution in [2.75, 3.05) is 0 Å². The van der Waals surface area contributed by atoms with Crippen molar-refractivity contribution in [2.45, 2.75) is 52.1 Å². The van der Waals surface area contributed by atoms with Crippen LogP contribution in [0.1, 0.15) is 50.4 Å². The third kappa shape index (κ3) is 3.69. The van der Waals surface area contributed by atoms with E-state index in [2.05, 4.69) is 5.32 Å². The van der Waals surface area contributed by atoms with Gasteiger partial charge in [-0.05, 0) is 39.2 Å². The van der Waals surface area contributed by atoms with Gasteiger partial charge in [0.05, 0.1) is 0 Å². The number of carbonyl (C=O) groups excluding carboxylic acids is 2. The lowest BCUT2D eigenvalue weighted by Crippen LogP contribution is -2.44. The lowest BCUT2D eigenvalue weighted by molar-refractivity contribution is -0.123. The molecule has 0 radical (unpaired) electrons. The minimum atomic E-state index is -0.184. The Hall–Kier alpha value is -1.58. The minimum absolute atomic E-state index is 0.0205. The van der Waals surface area contributed by atoms with Gasteiger partial charge in [0.15, 0.2) is 5.78 Å². The molecule has 0 unspecified atom stereocenters. The van der Waals surface area contributed by atoms with Crippen LogP contribution in [-0.2, 0) is 11.3 Å². The molecule has 0 saturated heterocycles. The van der Waals surface area contributed by atoms with E-state index in [1.54, 1.807) is 23.0 Å². The number of nitrogens with zero attached hydrogens (tertiary/aromatic N) is 1. The molecular formula is C15H22N2O2. The Morgan fingerprint density at radius 1 is 1.42 bits per heavy atom. The fraction of sp³-hybridized carbons (Fsp3) is 0.600. The normalized spacial score (nSPS) is 15.3. The predicted molar refractivity (Wildman–Crippen MR) is 74.0 cm³/mol. The molecule has 0 aliphatic heterocycles. The highest BCUT2D eigenvalue weighted by Gasteiger charge is 2.30. The Balaban J connectivity index is 1.92. The zero-order valence-corrected chi connectivity index (χ0v) is 11.9. The van der Waals surface area contributed by atoms with E-state index in [1.807, 2.05) is 20.8 Å². The van der Waals surface area contributed by atoms with Crippen LogP contribution in [0.3, 0.4) is 0 Å². The van der Waals surface area contributed by atoms with E-state index >= 15 is 0 Å². The molecule has 0 spiro atoms. The second-order valence-electron chi connectivity index (χ2n) is 6.00. The van der Waals surface area contributed by atoms with Gasteiger partial charge in [-0.2, -0.15) is 0 Å². The Labute approximate surface area is 114 Å². The first-order valence-corrected chi connectivity index (χ1v) is 6.92. The average Bonchev–Trinajstić information content (AvgIpc) is 3.09. The fourth-order valence-corrected chi connectivity index (χ4v) is 1.94. The third-order valence-electron chi connectivity index (χ3n) is 3.67. The average molecular weight is 262 g/mol. The summed E-state index contributed by atoms with van der Waals surface area (Å²) in [5.74, 6) is 0.421. The number of rotatable bonds is 6. The maximum atomic E-state index is 11.9. The highest BCUT2D eigenvalue weighted by Crippen LogP contribution is 2.32. The highest BCUT2D eigenvalue weighted by atomic mass is 16.2. The van der Waals surface area contributed by atoms with Gasteiger partial charge in [-0.15, -0.1) is 0 Å². The summed E-state index contributed by atoms with van der Waals surface area (Å²) in [6.45, 7) is 6.31. The number of ketones is 1. The Morgan fingerprint density at radius 2 is 2.11 bits per heavy atom. The van der Waals surface area contributed by atoms with E-state index in [1.165, 1.54) is 0 Å². The first kappa shape index (κ1) is 13.8. The molecule has 0 bridgehead atoms. The van der Waals surface area contributed by atoms with Crippen molar-refractivity contribution in [1.82, 2.24) is 9.88 Å². The quantitative estimate of drug-likeness (QED) is 0.800. The van der Waals surface area contributed by atoms with Crippen LogP contribution in [-0.4, -0.2) is 21.8 Å². The first-order chi connectivity index (χ1) is 8.91. The molecule has 104 valence electrons. The van der Waals surface area contributed by atoms with Gasteiger partial charge in [0, 0.05) is 29.4 Å². The number of nitrogens with one attached hydrogen (secondary N) is 1. The van der Waals surface area contributed by atoms with Crippen LogP contribution < -0.4 is 5.32 Å². The van der Waals surface area contributed by atoms with Gasteiger partial charge in [-0.25, -0.2) is 0 Å². The van der Waals surface area contributed by atoms with Crippen molar-refractivity contribution in [2.24, 2.45) is 5.92 Å². The van der Waals surface area contributed by atoms with Gasteiger partial charge in [0.1, 0.15) is 6.54 Å². The molecule has 1 aliphatic carbocycles. The van der Waals surface area contributed by atoms with Crippen LogP contribution >= 0.6 is 0 Å². The molecule has 19 heavy (non-hydrogen) atoms. The molecule has 1 N–H and O–H groups in total. The van der Waals surface area contributed by atoms with E-state index in [0.29, 0.717) is 0 Å². The number of Topliss-reactive ketones (excluding diaryl/α,β-unsaturated/α-hetero) is 1. The molecule has 1 fully saturated rings. The van der Waals surface area contributed by atoms with Crippen molar-refractivity contribution in [1.29, 1.82) is 0 Å². The predicted octanol–water partition coefficient (Wildman–Crippen LogP) is 2.39. The Kier molecular flexibility index (Phi) is 3.78. The molecule has 1 amide bonds. The van der Waals surface area contributed by atoms with E-state index in [0.717, 1.165) is 24.8 Å². The standard InChI is InChI=1S/C15H22N2O2/c1-4-15(2,3)16-13(18)10-17-8-7-12(9-17)14(19)11-5-6-11/h7-9,11H,4-6,10H2,1-3H3,(H,16,18). The van der Waals surface area contributed by atoms with Crippen molar-refractivity contribution in [3.8, 4) is 0 Å². The van der Waals surface area contributed by atoms with Crippen molar-refractivity contribution < 1.29 is 9.59 Å². The topological polar surface area (TPSA) is 51.1 Å². The SMILES string of the molecule is CCC(C)(C)NC(=O)Cn1ccc(C(=O)C2CC2)c1. The summed E-state index contributed by atoms with van der Waals surface area (Å²) in [5.41, 5.74) is 0.543. The number of hydrogen-bond acceptors (Lipinski definition) is 2. The van der Waals surface area contributed by atoms with E-state index in [4.69, 9.17) is 0 Å². The zero-order chi connectivity index (χ0) is 14.0. The summed E-state index contributed by atoms with van der Waals surface area (Å²) in [6, 6.07) is 1.80. The number of aromatic nitrogens is 1. The maximum absolute atomic E-state index is 11.9. The minimum Gasteiger partial charge on any atom is -0.350 e.